The summed E-state index contributed by atoms with van der Waals surface area (Å²) in [6.45, 7) is -1.06. The number of benzene rings is 1. The molecule has 0 aliphatic heterocycles. The molecule has 1 rings (SSSR count). The summed E-state index contributed by atoms with van der Waals surface area (Å²) in [6, 6.07) is 8.18. The normalized spacial score (nSPS) is 10.8. The van der Waals surface area contributed by atoms with Crippen LogP contribution in [0.3, 0.4) is 0 Å². The molecule has 0 saturated carbocycles. The zero-order chi connectivity index (χ0) is 14.3. The highest BCUT2D eigenvalue weighted by Crippen LogP contribution is 2.19. The number of hydrogen-bond donors (Lipinski definition) is 1. The van der Waals surface area contributed by atoms with Crippen molar-refractivity contribution < 1.29 is 22.7 Å². The van der Waals surface area contributed by atoms with Crippen LogP contribution in [0.15, 0.2) is 24.3 Å². The number of carbonyl (C=O) groups excluding carboxylic acids is 1. The van der Waals surface area contributed by atoms with E-state index in [0.717, 1.165) is 0 Å². The molecule has 0 saturated heterocycles. The Morgan fingerprint density at radius 3 is 2.68 bits per heavy atom. The standard InChI is InChI=1S/C12H11F3N2O2/c13-12(14,15)5-6-19-8-11(18)17-10-4-2-1-3-9(10)7-16/h1-4H,5-6,8H2,(H,17,18). The van der Waals surface area contributed by atoms with Crippen molar-refractivity contribution in [2.45, 2.75) is 12.6 Å². The van der Waals surface area contributed by atoms with Crippen LogP contribution in [0.5, 0.6) is 0 Å². The minimum atomic E-state index is -4.30. The molecule has 1 aromatic carbocycles. The van der Waals surface area contributed by atoms with Crippen LogP contribution in [-0.4, -0.2) is 25.3 Å². The number of anilines is 1. The summed E-state index contributed by atoms with van der Waals surface area (Å²) < 4.78 is 40.0. The van der Waals surface area contributed by atoms with Crippen molar-refractivity contribution in [2.75, 3.05) is 18.5 Å². The molecule has 0 aliphatic rings. The first-order valence-electron chi connectivity index (χ1n) is 5.36. The third-order valence-corrected chi connectivity index (χ3v) is 2.08. The number of rotatable bonds is 5. The summed E-state index contributed by atoms with van der Waals surface area (Å²) in [6.07, 6.45) is -5.40. The summed E-state index contributed by atoms with van der Waals surface area (Å²) in [5, 5.41) is 11.2. The molecule has 0 radical (unpaired) electrons. The van der Waals surface area contributed by atoms with Gasteiger partial charge in [-0.25, -0.2) is 0 Å². The SMILES string of the molecule is N#Cc1ccccc1NC(=O)COCCC(F)(F)F. The maximum atomic E-state index is 11.8. The van der Waals surface area contributed by atoms with E-state index >= 15 is 0 Å². The van der Waals surface area contributed by atoms with E-state index in [-0.39, 0.29) is 5.56 Å². The lowest BCUT2D eigenvalue weighted by molar-refractivity contribution is -0.147. The summed E-state index contributed by atoms with van der Waals surface area (Å²) in [4.78, 5) is 11.4. The molecule has 7 heteroatoms. The molecular formula is C12H11F3N2O2. The predicted octanol–water partition coefficient (Wildman–Crippen LogP) is 2.47. The molecule has 1 N–H and O–H groups in total. The van der Waals surface area contributed by atoms with Crippen molar-refractivity contribution in [1.82, 2.24) is 0 Å². The van der Waals surface area contributed by atoms with E-state index in [9.17, 15) is 18.0 Å². The van der Waals surface area contributed by atoms with E-state index in [4.69, 9.17) is 5.26 Å². The first-order valence-corrected chi connectivity index (χ1v) is 5.36. The lowest BCUT2D eigenvalue weighted by Gasteiger charge is -2.08. The smallest absolute Gasteiger partial charge is 0.371 e. The van der Waals surface area contributed by atoms with E-state index < -0.39 is 31.7 Å². The second-order valence-electron chi connectivity index (χ2n) is 3.62. The fourth-order valence-corrected chi connectivity index (χ4v) is 1.23. The van der Waals surface area contributed by atoms with Crippen LogP contribution < -0.4 is 5.32 Å². The van der Waals surface area contributed by atoms with Gasteiger partial charge in [-0.1, -0.05) is 12.1 Å². The third-order valence-electron chi connectivity index (χ3n) is 2.08. The molecule has 1 aromatic rings. The topological polar surface area (TPSA) is 62.1 Å². The van der Waals surface area contributed by atoms with Gasteiger partial charge >= 0.3 is 6.18 Å². The minimum absolute atomic E-state index is 0.270. The number of carbonyl (C=O) groups is 1. The number of nitrogens with zero attached hydrogens (tertiary/aromatic N) is 1. The zero-order valence-electron chi connectivity index (χ0n) is 9.83. The molecule has 102 valence electrons. The Morgan fingerprint density at radius 1 is 1.37 bits per heavy atom. The number of nitriles is 1. The number of alkyl halides is 3. The second-order valence-corrected chi connectivity index (χ2v) is 3.62. The van der Waals surface area contributed by atoms with Gasteiger partial charge in [0.05, 0.1) is 24.3 Å². The van der Waals surface area contributed by atoms with Gasteiger partial charge in [0, 0.05) is 0 Å². The van der Waals surface area contributed by atoms with Crippen molar-refractivity contribution >= 4 is 11.6 Å². The predicted molar refractivity (Wildman–Crippen MR) is 61.3 cm³/mol. The van der Waals surface area contributed by atoms with Gasteiger partial charge in [-0.3, -0.25) is 4.79 Å². The van der Waals surface area contributed by atoms with Crippen LogP contribution in [0.25, 0.3) is 0 Å². The average Bonchev–Trinajstić information content (AvgIpc) is 2.34. The number of hydrogen-bond acceptors (Lipinski definition) is 3. The Kier molecular flexibility index (Phi) is 5.33. The van der Waals surface area contributed by atoms with Crippen LogP contribution in [-0.2, 0) is 9.53 Å². The van der Waals surface area contributed by atoms with Gasteiger partial charge in [-0.05, 0) is 12.1 Å². The number of ether oxygens (including phenoxy) is 1. The fraction of sp³-hybridized carbons (Fsp3) is 0.333. The molecule has 0 aromatic heterocycles. The Bertz CT molecular complexity index is 481. The van der Waals surface area contributed by atoms with Gasteiger partial charge in [0.15, 0.2) is 0 Å². The number of halogens is 3. The van der Waals surface area contributed by atoms with E-state index in [1.165, 1.54) is 12.1 Å². The monoisotopic (exact) mass is 272 g/mol. The highest BCUT2D eigenvalue weighted by molar-refractivity contribution is 5.92. The Hall–Kier alpha value is -2.07. The highest BCUT2D eigenvalue weighted by atomic mass is 19.4. The second kappa shape index (κ2) is 6.75. The molecule has 4 nitrogen and oxygen atoms in total. The summed E-state index contributed by atoms with van der Waals surface area (Å²) in [7, 11) is 0. The Labute approximate surface area is 107 Å². The maximum Gasteiger partial charge on any atom is 0.391 e. The van der Waals surface area contributed by atoms with Crippen molar-refractivity contribution in [3.8, 4) is 6.07 Å². The van der Waals surface area contributed by atoms with Crippen molar-refractivity contribution in [3.05, 3.63) is 29.8 Å². The third kappa shape index (κ3) is 5.88. The van der Waals surface area contributed by atoms with Crippen molar-refractivity contribution in [3.63, 3.8) is 0 Å². The van der Waals surface area contributed by atoms with Gasteiger partial charge in [0.1, 0.15) is 12.7 Å². The fourth-order valence-electron chi connectivity index (χ4n) is 1.23. The first kappa shape index (κ1) is 15.0. The number of para-hydroxylation sites is 1. The number of amides is 1. The summed E-state index contributed by atoms with van der Waals surface area (Å²) >= 11 is 0. The zero-order valence-corrected chi connectivity index (χ0v) is 9.83. The summed E-state index contributed by atoms with van der Waals surface area (Å²) in [5.74, 6) is -0.607. The van der Waals surface area contributed by atoms with Gasteiger partial charge < -0.3 is 10.1 Å². The minimum Gasteiger partial charge on any atom is -0.371 e. The average molecular weight is 272 g/mol. The highest BCUT2D eigenvalue weighted by Gasteiger charge is 2.26. The molecule has 0 atom stereocenters. The molecule has 0 unspecified atom stereocenters. The molecule has 0 aliphatic carbocycles. The summed E-state index contributed by atoms with van der Waals surface area (Å²) in [5.41, 5.74) is 0.570. The Balaban J connectivity index is 2.38. The molecule has 19 heavy (non-hydrogen) atoms. The number of nitrogens with one attached hydrogen (secondary N) is 1. The first-order chi connectivity index (χ1) is 8.92. The molecular weight excluding hydrogens is 261 g/mol. The van der Waals surface area contributed by atoms with Gasteiger partial charge in [-0.2, -0.15) is 18.4 Å². The van der Waals surface area contributed by atoms with Gasteiger partial charge in [-0.15, -0.1) is 0 Å². The van der Waals surface area contributed by atoms with Gasteiger partial charge in [0.2, 0.25) is 5.91 Å². The van der Waals surface area contributed by atoms with E-state index in [1.807, 2.05) is 6.07 Å². The molecule has 0 bridgehead atoms. The van der Waals surface area contributed by atoms with Crippen LogP contribution in [0.4, 0.5) is 18.9 Å². The van der Waals surface area contributed by atoms with Crippen molar-refractivity contribution in [1.29, 1.82) is 5.26 Å². The van der Waals surface area contributed by atoms with Crippen LogP contribution in [0, 0.1) is 11.3 Å². The van der Waals surface area contributed by atoms with Crippen LogP contribution in [0.2, 0.25) is 0 Å². The molecule has 0 fully saturated rings. The molecule has 0 spiro atoms. The van der Waals surface area contributed by atoms with E-state index in [2.05, 4.69) is 10.1 Å². The largest absolute Gasteiger partial charge is 0.391 e. The van der Waals surface area contributed by atoms with Gasteiger partial charge in [0.25, 0.3) is 0 Å². The van der Waals surface area contributed by atoms with Crippen LogP contribution in [0.1, 0.15) is 12.0 Å². The van der Waals surface area contributed by atoms with Crippen molar-refractivity contribution in [2.24, 2.45) is 0 Å². The maximum absolute atomic E-state index is 11.8. The van der Waals surface area contributed by atoms with E-state index in [1.54, 1.807) is 12.1 Å². The van der Waals surface area contributed by atoms with Crippen LogP contribution >= 0.6 is 0 Å². The lowest BCUT2D eigenvalue weighted by Crippen LogP contribution is -2.21. The Morgan fingerprint density at radius 2 is 2.05 bits per heavy atom. The van der Waals surface area contributed by atoms with E-state index in [0.29, 0.717) is 5.69 Å². The molecule has 1 amide bonds. The molecule has 0 heterocycles. The quantitative estimate of drug-likeness (QED) is 0.837. The lowest BCUT2D eigenvalue weighted by atomic mass is 10.2.